The summed E-state index contributed by atoms with van der Waals surface area (Å²) in [6.45, 7) is 2.05. The topological polar surface area (TPSA) is 98.5 Å². The minimum absolute atomic E-state index is 0.0158. The van der Waals surface area contributed by atoms with E-state index in [4.69, 9.17) is 5.73 Å². The Balaban J connectivity index is 3.27. The van der Waals surface area contributed by atoms with Gasteiger partial charge in [0.1, 0.15) is 0 Å². The van der Waals surface area contributed by atoms with Crippen LogP contribution in [0.5, 0.6) is 0 Å². The maximum atomic E-state index is 12.0. The number of benzene rings is 1. The normalized spacial score (nSPS) is 11.3. The number of aryl methyl sites for hydroxylation is 1. The fourth-order valence-electron chi connectivity index (χ4n) is 1.42. The first-order valence-electron chi connectivity index (χ1n) is 5.31. The van der Waals surface area contributed by atoms with Crippen molar-refractivity contribution in [3.05, 3.63) is 29.3 Å². The molecule has 0 radical (unpaired) electrons. The monoisotopic (exact) mass is 272 g/mol. The number of hydrogen-bond donors (Lipinski definition) is 2. The predicted octanol–water partition coefficient (Wildman–Crippen LogP) is 0.0186. The third-order valence-corrected chi connectivity index (χ3v) is 3.79. The SMILES string of the molecule is COC(=O)c1cc(C)ccc1S(=O)(=O)NCCN. The van der Waals surface area contributed by atoms with Crippen LogP contribution in [-0.4, -0.2) is 34.6 Å². The van der Waals surface area contributed by atoms with Crippen LogP contribution in [0.15, 0.2) is 23.1 Å². The van der Waals surface area contributed by atoms with Crippen molar-refractivity contribution in [2.24, 2.45) is 5.73 Å². The van der Waals surface area contributed by atoms with E-state index in [0.717, 1.165) is 5.56 Å². The van der Waals surface area contributed by atoms with Crippen LogP contribution in [0.1, 0.15) is 15.9 Å². The maximum absolute atomic E-state index is 12.0. The van der Waals surface area contributed by atoms with Gasteiger partial charge in [0.15, 0.2) is 0 Å². The minimum atomic E-state index is -3.76. The van der Waals surface area contributed by atoms with Gasteiger partial charge in [0.2, 0.25) is 10.0 Å². The number of sulfonamides is 1. The summed E-state index contributed by atoms with van der Waals surface area (Å²) in [5, 5.41) is 0. The zero-order valence-corrected chi connectivity index (χ0v) is 11.1. The lowest BCUT2D eigenvalue weighted by atomic mass is 10.1. The molecule has 0 saturated carbocycles. The first-order chi connectivity index (χ1) is 8.42. The van der Waals surface area contributed by atoms with Crippen LogP contribution in [0.25, 0.3) is 0 Å². The van der Waals surface area contributed by atoms with E-state index in [1.165, 1.54) is 19.2 Å². The average Bonchev–Trinajstić information content (AvgIpc) is 2.35. The molecule has 3 N–H and O–H groups in total. The maximum Gasteiger partial charge on any atom is 0.339 e. The van der Waals surface area contributed by atoms with Gasteiger partial charge in [-0.2, -0.15) is 0 Å². The molecular weight excluding hydrogens is 256 g/mol. The number of nitrogens with one attached hydrogen (secondary N) is 1. The number of hydrogen-bond acceptors (Lipinski definition) is 5. The summed E-state index contributed by atoms with van der Waals surface area (Å²) in [7, 11) is -2.55. The Morgan fingerprint density at radius 1 is 1.44 bits per heavy atom. The molecule has 0 bridgehead atoms. The van der Waals surface area contributed by atoms with Crippen molar-refractivity contribution < 1.29 is 17.9 Å². The van der Waals surface area contributed by atoms with Crippen LogP contribution in [0, 0.1) is 6.92 Å². The van der Waals surface area contributed by atoms with Crippen molar-refractivity contribution in [3.8, 4) is 0 Å². The number of carbonyl (C=O) groups is 1. The van der Waals surface area contributed by atoms with Crippen LogP contribution < -0.4 is 10.5 Å². The van der Waals surface area contributed by atoms with Gasteiger partial charge in [-0.3, -0.25) is 0 Å². The molecule has 6 nitrogen and oxygen atoms in total. The molecule has 0 fully saturated rings. The zero-order valence-electron chi connectivity index (χ0n) is 10.3. The highest BCUT2D eigenvalue weighted by Gasteiger charge is 2.22. The van der Waals surface area contributed by atoms with Crippen molar-refractivity contribution in [1.29, 1.82) is 0 Å². The van der Waals surface area contributed by atoms with Crippen molar-refractivity contribution in [1.82, 2.24) is 4.72 Å². The number of methoxy groups -OCH3 is 1. The Bertz CT molecular complexity index is 540. The smallest absolute Gasteiger partial charge is 0.339 e. The third-order valence-electron chi connectivity index (χ3n) is 2.27. The van der Waals surface area contributed by atoms with Gasteiger partial charge in [-0.25, -0.2) is 17.9 Å². The first kappa shape index (κ1) is 14.6. The Morgan fingerprint density at radius 2 is 2.11 bits per heavy atom. The van der Waals surface area contributed by atoms with Crippen molar-refractivity contribution in [2.45, 2.75) is 11.8 Å². The van der Waals surface area contributed by atoms with E-state index in [-0.39, 0.29) is 23.5 Å². The second-order valence-electron chi connectivity index (χ2n) is 3.68. The second kappa shape index (κ2) is 5.94. The van der Waals surface area contributed by atoms with Crippen LogP contribution in [0.4, 0.5) is 0 Å². The van der Waals surface area contributed by atoms with Crippen molar-refractivity contribution in [2.75, 3.05) is 20.2 Å². The molecule has 0 unspecified atom stereocenters. The summed E-state index contributed by atoms with van der Waals surface area (Å²) in [4.78, 5) is 11.5. The molecule has 0 aromatic heterocycles. The lowest BCUT2D eigenvalue weighted by molar-refractivity contribution is 0.0596. The molecule has 0 aliphatic carbocycles. The molecule has 0 atom stereocenters. The van der Waals surface area contributed by atoms with E-state index in [9.17, 15) is 13.2 Å². The first-order valence-corrected chi connectivity index (χ1v) is 6.79. The minimum Gasteiger partial charge on any atom is -0.465 e. The molecule has 0 spiro atoms. The number of ether oxygens (including phenoxy) is 1. The highest BCUT2D eigenvalue weighted by atomic mass is 32.2. The number of esters is 1. The van der Waals surface area contributed by atoms with Crippen LogP contribution in [0.2, 0.25) is 0 Å². The molecule has 0 aliphatic rings. The lowest BCUT2D eigenvalue weighted by Crippen LogP contribution is -2.30. The summed E-state index contributed by atoms with van der Waals surface area (Å²) in [5.74, 6) is -0.688. The molecule has 1 rings (SSSR count). The molecule has 1 aromatic rings. The number of rotatable bonds is 5. The van der Waals surface area contributed by atoms with Crippen LogP contribution in [-0.2, 0) is 14.8 Å². The molecule has 100 valence electrons. The van der Waals surface area contributed by atoms with Crippen molar-refractivity contribution >= 4 is 16.0 Å². The fourth-order valence-corrected chi connectivity index (χ4v) is 2.64. The summed E-state index contributed by atoms with van der Waals surface area (Å²) in [6.07, 6.45) is 0. The van der Waals surface area contributed by atoms with E-state index < -0.39 is 16.0 Å². The van der Waals surface area contributed by atoms with E-state index in [2.05, 4.69) is 9.46 Å². The summed E-state index contributed by atoms with van der Waals surface area (Å²) in [5.41, 5.74) is 6.03. The quantitative estimate of drug-likeness (QED) is 0.736. The van der Waals surface area contributed by atoms with Crippen LogP contribution >= 0.6 is 0 Å². The Hall–Kier alpha value is -1.44. The zero-order chi connectivity index (χ0) is 13.8. The van der Waals surface area contributed by atoms with Gasteiger partial charge in [-0.1, -0.05) is 11.6 Å². The molecule has 7 heteroatoms. The fraction of sp³-hybridized carbons (Fsp3) is 0.364. The van der Waals surface area contributed by atoms with Crippen molar-refractivity contribution in [3.63, 3.8) is 0 Å². The number of carbonyl (C=O) groups excluding carboxylic acids is 1. The molecular formula is C11H16N2O4S. The highest BCUT2D eigenvalue weighted by Crippen LogP contribution is 2.18. The highest BCUT2D eigenvalue weighted by molar-refractivity contribution is 7.89. The van der Waals surface area contributed by atoms with Gasteiger partial charge >= 0.3 is 5.97 Å². The molecule has 0 saturated heterocycles. The van der Waals surface area contributed by atoms with Gasteiger partial charge in [-0.05, 0) is 19.1 Å². The second-order valence-corrected chi connectivity index (χ2v) is 5.41. The Morgan fingerprint density at radius 3 is 2.67 bits per heavy atom. The third kappa shape index (κ3) is 3.28. The Kier molecular flexibility index (Phi) is 4.83. The molecule has 0 heterocycles. The summed E-state index contributed by atoms with van der Waals surface area (Å²) in [6, 6.07) is 4.47. The summed E-state index contributed by atoms with van der Waals surface area (Å²) < 4.78 is 30.8. The lowest BCUT2D eigenvalue weighted by Gasteiger charge is -2.10. The average molecular weight is 272 g/mol. The molecule has 0 amide bonds. The Labute approximate surface area is 106 Å². The van der Waals surface area contributed by atoms with E-state index >= 15 is 0 Å². The van der Waals surface area contributed by atoms with E-state index in [1.807, 2.05) is 0 Å². The standard InChI is InChI=1S/C11H16N2O4S/c1-8-3-4-10(9(7-8)11(14)17-2)18(15,16)13-6-5-12/h3-4,7,13H,5-6,12H2,1-2H3. The summed E-state index contributed by atoms with van der Waals surface area (Å²) >= 11 is 0. The van der Waals surface area contributed by atoms with Gasteiger partial charge in [0.25, 0.3) is 0 Å². The van der Waals surface area contributed by atoms with Gasteiger partial charge in [-0.15, -0.1) is 0 Å². The van der Waals surface area contributed by atoms with E-state index in [0.29, 0.717) is 0 Å². The van der Waals surface area contributed by atoms with Gasteiger partial charge in [0.05, 0.1) is 17.6 Å². The molecule has 0 aliphatic heterocycles. The number of nitrogens with two attached hydrogens (primary N) is 1. The van der Waals surface area contributed by atoms with Crippen LogP contribution in [0.3, 0.4) is 0 Å². The molecule has 1 aromatic carbocycles. The predicted molar refractivity (Wildman–Crippen MR) is 66.8 cm³/mol. The van der Waals surface area contributed by atoms with E-state index in [1.54, 1.807) is 13.0 Å². The molecule has 18 heavy (non-hydrogen) atoms. The van der Waals surface area contributed by atoms with Gasteiger partial charge in [0, 0.05) is 13.1 Å². The largest absolute Gasteiger partial charge is 0.465 e. The van der Waals surface area contributed by atoms with Gasteiger partial charge < -0.3 is 10.5 Å².